The van der Waals surface area contributed by atoms with Crippen LogP contribution in [0.4, 0.5) is 4.39 Å². The Hall–Kier alpha value is -2.76. The molecule has 0 spiro atoms. The Labute approximate surface area is 146 Å². The number of halogens is 1. The second-order valence-corrected chi connectivity index (χ2v) is 6.14. The van der Waals surface area contributed by atoms with Crippen LogP contribution in [0.2, 0.25) is 0 Å². The zero-order chi connectivity index (χ0) is 17.6. The lowest BCUT2D eigenvalue weighted by molar-refractivity contribution is -0.136. The van der Waals surface area contributed by atoms with Gasteiger partial charge in [0.1, 0.15) is 5.82 Å². The maximum absolute atomic E-state index is 13.3. The van der Waals surface area contributed by atoms with Crippen molar-refractivity contribution < 1.29 is 14.0 Å². The minimum atomic E-state index is -0.396. The molecule has 0 aliphatic carbocycles. The van der Waals surface area contributed by atoms with Gasteiger partial charge < -0.3 is 9.80 Å². The molecule has 130 valence electrons. The molecule has 0 bridgehead atoms. The normalized spacial score (nSPS) is 15.7. The molecule has 1 aromatic carbocycles. The molecule has 1 saturated heterocycles. The summed E-state index contributed by atoms with van der Waals surface area (Å²) in [5.74, 6) is -0.718. The highest BCUT2D eigenvalue weighted by atomic mass is 19.1. The van der Waals surface area contributed by atoms with Gasteiger partial charge in [-0.1, -0.05) is 18.2 Å². The Morgan fingerprint density at radius 2 is 1.88 bits per heavy atom. The number of benzene rings is 1. The van der Waals surface area contributed by atoms with E-state index in [0.29, 0.717) is 32.6 Å². The van der Waals surface area contributed by atoms with E-state index in [2.05, 4.69) is 4.98 Å². The van der Waals surface area contributed by atoms with Crippen LogP contribution >= 0.6 is 0 Å². The number of pyridine rings is 1. The first-order valence-electron chi connectivity index (χ1n) is 8.30. The number of piperazine rings is 1. The standard InChI is InChI=1S/C19H20FN3O2/c20-17-5-3-16(4-6-17)18(12-15-2-1-7-21-13-15)19(25)23-10-8-22(14-24)9-11-23/h1-7,13-14,18H,8-12H2. The quantitative estimate of drug-likeness (QED) is 0.780. The summed E-state index contributed by atoms with van der Waals surface area (Å²) < 4.78 is 13.3. The van der Waals surface area contributed by atoms with Crippen LogP contribution in [0.5, 0.6) is 0 Å². The third kappa shape index (κ3) is 4.21. The first-order valence-corrected chi connectivity index (χ1v) is 8.30. The van der Waals surface area contributed by atoms with Crippen LogP contribution in [0.15, 0.2) is 48.8 Å². The van der Waals surface area contributed by atoms with E-state index < -0.39 is 5.92 Å². The average Bonchev–Trinajstić information content (AvgIpc) is 2.67. The number of hydrogen-bond donors (Lipinski definition) is 0. The van der Waals surface area contributed by atoms with Gasteiger partial charge in [0.05, 0.1) is 5.92 Å². The number of hydrogen-bond acceptors (Lipinski definition) is 3. The first-order chi connectivity index (χ1) is 12.2. The molecule has 0 saturated carbocycles. The van der Waals surface area contributed by atoms with E-state index in [0.717, 1.165) is 17.5 Å². The van der Waals surface area contributed by atoms with Gasteiger partial charge in [-0.05, 0) is 35.7 Å². The van der Waals surface area contributed by atoms with Crippen LogP contribution in [0.3, 0.4) is 0 Å². The van der Waals surface area contributed by atoms with E-state index in [1.54, 1.807) is 34.3 Å². The Morgan fingerprint density at radius 3 is 2.48 bits per heavy atom. The molecule has 1 aliphatic rings. The van der Waals surface area contributed by atoms with Crippen LogP contribution in [0, 0.1) is 5.82 Å². The molecule has 1 atom stereocenters. The highest BCUT2D eigenvalue weighted by Crippen LogP contribution is 2.24. The number of amides is 2. The van der Waals surface area contributed by atoms with Crippen molar-refractivity contribution in [1.29, 1.82) is 0 Å². The Kier molecular flexibility index (Phi) is 5.38. The molecule has 2 aromatic rings. The lowest BCUT2D eigenvalue weighted by atomic mass is 9.91. The van der Waals surface area contributed by atoms with Crippen molar-refractivity contribution in [2.45, 2.75) is 12.3 Å². The molecule has 1 aromatic heterocycles. The average molecular weight is 341 g/mol. The summed E-state index contributed by atoms with van der Waals surface area (Å²) >= 11 is 0. The van der Waals surface area contributed by atoms with Crippen LogP contribution in [-0.2, 0) is 16.0 Å². The molecule has 1 aliphatic heterocycles. The van der Waals surface area contributed by atoms with Crippen LogP contribution in [0.1, 0.15) is 17.0 Å². The Balaban J connectivity index is 1.81. The summed E-state index contributed by atoms with van der Waals surface area (Å²) in [5.41, 5.74) is 1.74. The number of carbonyl (C=O) groups excluding carboxylic acids is 2. The Bertz CT molecular complexity index is 713. The minimum absolute atomic E-state index is 0.000935. The number of aromatic nitrogens is 1. The van der Waals surface area contributed by atoms with E-state index in [4.69, 9.17) is 0 Å². The molecular weight excluding hydrogens is 321 g/mol. The minimum Gasteiger partial charge on any atom is -0.342 e. The first kappa shape index (κ1) is 17.1. The van der Waals surface area contributed by atoms with Gasteiger partial charge >= 0.3 is 0 Å². The second kappa shape index (κ2) is 7.88. The van der Waals surface area contributed by atoms with E-state index in [1.807, 2.05) is 12.1 Å². The van der Waals surface area contributed by atoms with E-state index in [-0.39, 0.29) is 11.7 Å². The van der Waals surface area contributed by atoms with Crippen molar-refractivity contribution >= 4 is 12.3 Å². The van der Waals surface area contributed by atoms with Gasteiger partial charge in [-0.2, -0.15) is 0 Å². The predicted molar refractivity (Wildman–Crippen MR) is 91.3 cm³/mol. The molecule has 3 rings (SSSR count). The van der Waals surface area contributed by atoms with Crippen molar-refractivity contribution in [2.24, 2.45) is 0 Å². The largest absolute Gasteiger partial charge is 0.342 e. The topological polar surface area (TPSA) is 53.5 Å². The maximum atomic E-state index is 13.3. The SMILES string of the molecule is O=CN1CCN(C(=O)C(Cc2cccnc2)c2ccc(F)cc2)CC1. The molecular formula is C19H20FN3O2. The van der Waals surface area contributed by atoms with Gasteiger partial charge in [0.15, 0.2) is 0 Å². The monoisotopic (exact) mass is 341 g/mol. The number of carbonyl (C=O) groups is 2. The molecule has 2 amide bonds. The molecule has 2 heterocycles. The summed E-state index contributed by atoms with van der Waals surface area (Å²) in [6.45, 7) is 2.11. The summed E-state index contributed by atoms with van der Waals surface area (Å²) in [4.78, 5) is 31.5. The Morgan fingerprint density at radius 1 is 1.16 bits per heavy atom. The lowest BCUT2D eigenvalue weighted by Crippen LogP contribution is -2.49. The molecule has 0 radical (unpaired) electrons. The van der Waals surface area contributed by atoms with Gasteiger partial charge in [0.25, 0.3) is 0 Å². The van der Waals surface area contributed by atoms with Crippen LogP contribution in [-0.4, -0.2) is 53.3 Å². The summed E-state index contributed by atoms with van der Waals surface area (Å²) in [6.07, 6.45) is 4.76. The van der Waals surface area contributed by atoms with Crippen molar-refractivity contribution in [3.05, 3.63) is 65.7 Å². The molecule has 6 heteroatoms. The van der Waals surface area contributed by atoms with Crippen molar-refractivity contribution in [2.75, 3.05) is 26.2 Å². The van der Waals surface area contributed by atoms with Gasteiger partial charge in [0, 0.05) is 38.6 Å². The number of nitrogens with zero attached hydrogens (tertiary/aromatic N) is 3. The summed E-state index contributed by atoms with van der Waals surface area (Å²) in [5, 5.41) is 0. The maximum Gasteiger partial charge on any atom is 0.230 e. The summed E-state index contributed by atoms with van der Waals surface area (Å²) in [7, 11) is 0. The molecule has 1 fully saturated rings. The van der Waals surface area contributed by atoms with Gasteiger partial charge in [-0.25, -0.2) is 4.39 Å². The third-order valence-corrected chi connectivity index (χ3v) is 4.51. The van der Waals surface area contributed by atoms with Gasteiger partial charge in [-0.15, -0.1) is 0 Å². The van der Waals surface area contributed by atoms with E-state index in [9.17, 15) is 14.0 Å². The molecule has 1 unspecified atom stereocenters. The van der Waals surface area contributed by atoms with Crippen molar-refractivity contribution in [3.8, 4) is 0 Å². The fourth-order valence-electron chi connectivity index (χ4n) is 3.07. The predicted octanol–water partition coefficient (Wildman–Crippen LogP) is 1.85. The highest BCUT2D eigenvalue weighted by Gasteiger charge is 2.28. The smallest absolute Gasteiger partial charge is 0.230 e. The fraction of sp³-hybridized carbons (Fsp3) is 0.316. The van der Waals surface area contributed by atoms with Crippen LogP contribution in [0.25, 0.3) is 0 Å². The van der Waals surface area contributed by atoms with Crippen LogP contribution < -0.4 is 0 Å². The fourth-order valence-corrected chi connectivity index (χ4v) is 3.07. The third-order valence-electron chi connectivity index (χ3n) is 4.51. The van der Waals surface area contributed by atoms with Gasteiger partial charge in [-0.3, -0.25) is 14.6 Å². The zero-order valence-electron chi connectivity index (χ0n) is 13.8. The highest BCUT2D eigenvalue weighted by molar-refractivity contribution is 5.84. The zero-order valence-corrected chi connectivity index (χ0v) is 13.8. The van der Waals surface area contributed by atoms with Crippen molar-refractivity contribution in [1.82, 2.24) is 14.8 Å². The lowest BCUT2D eigenvalue weighted by Gasteiger charge is -2.35. The van der Waals surface area contributed by atoms with E-state index >= 15 is 0 Å². The molecule has 0 N–H and O–H groups in total. The van der Waals surface area contributed by atoms with Gasteiger partial charge in [0.2, 0.25) is 12.3 Å². The number of rotatable bonds is 5. The van der Waals surface area contributed by atoms with Crippen molar-refractivity contribution in [3.63, 3.8) is 0 Å². The summed E-state index contributed by atoms with van der Waals surface area (Å²) in [6, 6.07) is 9.85. The molecule has 5 nitrogen and oxygen atoms in total. The van der Waals surface area contributed by atoms with E-state index in [1.165, 1.54) is 12.1 Å². The second-order valence-electron chi connectivity index (χ2n) is 6.14. The molecule has 25 heavy (non-hydrogen) atoms.